The Hall–Kier alpha value is -1.31. The van der Waals surface area contributed by atoms with Gasteiger partial charge in [0.05, 0.1) is 6.61 Å². The highest BCUT2D eigenvalue weighted by atomic mass is 16.5. The first-order valence-electron chi connectivity index (χ1n) is 8.91. The summed E-state index contributed by atoms with van der Waals surface area (Å²) >= 11 is 0. The molecule has 22 heavy (non-hydrogen) atoms. The minimum atomic E-state index is -0.115. The molecule has 0 aromatic heterocycles. The SMILES string of the molecule is CC(=O)OC[C@@]12CCC[C@H]1[C@@H]1CCc3ccccc3[C@H]1CC2. The van der Waals surface area contributed by atoms with Crippen LogP contribution in [0.15, 0.2) is 24.3 Å². The van der Waals surface area contributed by atoms with Gasteiger partial charge in [-0.05, 0) is 67.4 Å². The highest BCUT2D eigenvalue weighted by Crippen LogP contribution is 2.61. The van der Waals surface area contributed by atoms with Gasteiger partial charge in [-0.25, -0.2) is 0 Å². The Labute approximate surface area is 133 Å². The second-order valence-electron chi connectivity index (χ2n) is 7.69. The van der Waals surface area contributed by atoms with Crippen LogP contribution in [0.2, 0.25) is 0 Å². The van der Waals surface area contributed by atoms with Crippen molar-refractivity contribution in [3.63, 3.8) is 0 Å². The quantitative estimate of drug-likeness (QED) is 0.753. The minimum absolute atomic E-state index is 0.115. The van der Waals surface area contributed by atoms with E-state index in [1.54, 1.807) is 18.1 Å². The second kappa shape index (κ2) is 5.40. The molecule has 2 nitrogen and oxygen atoms in total. The van der Waals surface area contributed by atoms with Crippen LogP contribution in [0.3, 0.4) is 0 Å². The topological polar surface area (TPSA) is 26.3 Å². The summed E-state index contributed by atoms with van der Waals surface area (Å²) in [5, 5.41) is 0. The van der Waals surface area contributed by atoms with E-state index >= 15 is 0 Å². The van der Waals surface area contributed by atoms with E-state index in [1.165, 1.54) is 44.9 Å². The number of fused-ring (bicyclic) bond motifs is 5. The molecule has 4 rings (SSSR count). The maximum Gasteiger partial charge on any atom is 0.302 e. The molecule has 0 spiro atoms. The normalized spacial score (nSPS) is 36.1. The zero-order valence-electron chi connectivity index (χ0n) is 13.5. The van der Waals surface area contributed by atoms with Crippen molar-refractivity contribution in [1.82, 2.24) is 0 Å². The lowest BCUT2D eigenvalue weighted by atomic mass is 9.55. The third-order valence-corrected chi connectivity index (χ3v) is 6.73. The molecule has 2 fully saturated rings. The van der Waals surface area contributed by atoms with Crippen molar-refractivity contribution in [2.45, 2.75) is 57.8 Å². The zero-order valence-corrected chi connectivity index (χ0v) is 13.5. The molecule has 1 aromatic rings. The molecule has 0 saturated heterocycles. The molecule has 4 atom stereocenters. The molecule has 3 aliphatic rings. The van der Waals surface area contributed by atoms with Gasteiger partial charge in [0.25, 0.3) is 0 Å². The molecule has 0 amide bonds. The minimum Gasteiger partial charge on any atom is -0.465 e. The smallest absolute Gasteiger partial charge is 0.302 e. The Morgan fingerprint density at radius 2 is 2.09 bits per heavy atom. The molecule has 2 saturated carbocycles. The van der Waals surface area contributed by atoms with Gasteiger partial charge in [-0.15, -0.1) is 0 Å². The van der Waals surface area contributed by atoms with E-state index in [4.69, 9.17) is 4.74 Å². The van der Waals surface area contributed by atoms with Crippen LogP contribution >= 0.6 is 0 Å². The fraction of sp³-hybridized carbons (Fsp3) is 0.650. The van der Waals surface area contributed by atoms with E-state index in [2.05, 4.69) is 24.3 Å². The van der Waals surface area contributed by atoms with Crippen LogP contribution in [0.4, 0.5) is 0 Å². The lowest BCUT2D eigenvalue weighted by Crippen LogP contribution is -2.44. The van der Waals surface area contributed by atoms with E-state index < -0.39 is 0 Å². The summed E-state index contributed by atoms with van der Waals surface area (Å²) in [7, 11) is 0. The second-order valence-corrected chi connectivity index (χ2v) is 7.69. The third kappa shape index (κ3) is 2.19. The van der Waals surface area contributed by atoms with Gasteiger partial charge in [0, 0.05) is 12.3 Å². The molecule has 0 unspecified atom stereocenters. The average Bonchev–Trinajstić information content (AvgIpc) is 2.97. The summed E-state index contributed by atoms with van der Waals surface area (Å²) in [6.07, 6.45) is 8.99. The molecular weight excluding hydrogens is 272 g/mol. The maximum absolute atomic E-state index is 11.3. The Balaban J connectivity index is 1.61. The molecule has 0 heterocycles. The van der Waals surface area contributed by atoms with E-state index in [0.717, 1.165) is 17.8 Å². The number of benzene rings is 1. The number of aryl methyl sites for hydroxylation is 1. The Kier molecular flexibility index (Phi) is 3.51. The summed E-state index contributed by atoms with van der Waals surface area (Å²) in [6, 6.07) is 9.07. The Morgan fingerprint density at radius 3 is 2.95 bits per heavy atom. The molecular formula is C20H26O2. The number of hydrogen-bond donors (Lipinski definition) is 0. The first kappa shape index (κ1) is 14.3. The molecule has 118 valence electrons. The number of carbonyl (C=O) groups excluding carboxylic acids is 1. The van der Waals surface area contributed by atoms with Gasteiger partial charge < -0.3 is 4.74 Å². The van der Waals surface area contributed by atoms with Crippen molar-refractivity contribution < 1.29 is 9.53 Å². The largest absolute Gasteiger partial charge is 0.465 e. The predicted octanol–water partition coefficient (Wildman–Crippen LogP) is 4.48. The van der Waals surface area contributed by atoms with Crippen LogP contribution in [0.25, 0.3) is 0 Å². The number of hydrogen-bond acceptors (Lipinski definition) is 2. The lowest BCUT2D eigenvalue weighted by molar-refractivity contribution is -0.147. The summed E-state index contributed by atoms with van der Waals surface area (Å²) in [5.74, 6) is 2.20. The number of carbonyl (C=O) groups is 1. The van der Waals surface area contributed by atoms with Crippen molar-refractivity contribution in [1.29, 1.82) is 0 Å². The van der Waals surface area contributed by atoms with Crippen LogP contribution < -0.4 is 0 Å². The first-order valence-corrected chi connectivity index (χ1v) is 8.91. The fourth-order valence-electron chi connectivity index (χ4n) is 5.81. The molecule has 0 aliphatic heterocycles. The lowest BCUT2D eigenvalue weighted by Gasteiger charge is -2.50. The van der Waals surface area contributed by atoms with Crippen molar-refractivity contribution in [2.75, 3.05) is 6.61 Å². The number of ether oxygens (including phenoxy) is 1. The Bertz CT molecular complexity index is 579. The fourth-order valence-corrected chi connectivity index (χ4v) is 5.81. The van der Waals surface area contributed by atoms with Gasteiger partial charge in [0.1, 0.15) is 0 Å². The van der Waals surface area contributed by atoms with Crippen molar-refractivity contribution >= 4 is 5.97 Å². The van der Waals surface area contributed by atoms with Crippen LogP contribution in [0.1, 0.15) is 62.5 Å². The van der Waals surface area contributed by atoms with Crippen molar-refractivity contribution in [3.8, 4) is 0 Å². The van der Waals surface area contributed by atoms with Crippen LogP contribution in [-0.4, -0.2) is 12.6 Å². The number of esters is 1. The highest BCUT2D eigenvalue weighted by Gasteiger charge is 2.53. The third-order valence-electron chi connectivity index (χ3n) is 6.73. The van der Waals surface area contributed by atoms with Gasteiger partial charge >= 0.3 is 5.97 Å². The van der Waals surface area contributed by atoms with Crippen molar-refractivity contribution in [3.05, 3.63) is 35.4 Å². The van der Waals surface area contributed by atoms with Crippen LogP contribution in [0, 0.1) is 17.3 Å². The van der Waals surface area contributed by atoms with E-state index in [9.17, 15) is 4.79 Å². The molecule has 0 bridgehead atoms. The maximum atomic E-state index is 11.3. The van der Waals surface area contributed by atoms with Gasteiger partial charge in [-0.1, -0.05) is 30.7 Å². The summed E-state index contributed by atoms with van der Waals surface area (Å²) < 4.78 is 5.50. The Morgan fingerprint density at radius 1 is 1.23 bits per heavy atom. The molecule has 3 aliphatic carbocycles. The predicted molar refractivity (Wildman–Crippen MR) is 86.6 cm³/mol. The standard InChI is InChI=1S/C20H26O2/c1-14(21)22-13-20-11-4-7-19(20)18-9-8-15-5-2-3-6-16(15)17(18)10-12-20/h2-3,5-6,17-19H,4,7-13H2,1H3/t17-,18-,19+,20+/m1/s1. The summed E-state index contributed by atoms with van der Waals surface area (Å²) in [4.78, 5) is 11.3. The first-order chi connectivity index (χ1) is 10.7. The van der Waals surface area contributed by atoms with Gasteiger partial charge in [0.15, 0.2) is 0 Å². The van der Waals surface area contributed by atoms with Gasteiger partial charge in [0.2, 0.25) is 0 Å². The van der Waals surface area contributed by atoms with E-state index in [1.807, 2.05) is 0 Å². The van der Waals surface area contributed by atoms with E-state index in [-0.39, 0.29) is 5.97 Å². The number of rotatable bonds is 2. The average molecular weight is 298 g/mol. The zero-order chi connectivity index (χ0) is 15.2. The van der Waals surface area contributed by atoms with Gasteiger partial charge in [-0.3, -0.25) is 4.79 Å². The molecule has 0 N–H and O–H groups in total. The van der Waals surface area contributed by atoms with Gasteiger partial charge in [-0.2, -0.15) is 0 Å². The van der Waals surface area contributed by atoms with Crippen LogP contribution in [-0.2, 0) is 16.0 Å². The summed E-state index contributed by atoms with van der Waals surface area (Å²) in [6.45, 7) is 2.21. The van der Waals surface area contributed by atoms with Crippen molar-refractivity contribution in [2.24, 2.45) is 17.3 Å². The molecule has 0 radical (unpaired) electrons. The monoisotopic (exact) mass is 298 g/mol. The summed E-state index contributed by atoms with van der Waals surface area (Å²) in [5.41, 5.74) is 3.49. The van der Waals surface area contributed by atoms with Crippen LogP contribution in [0.5, 0.6) is 0 Å². The molecule has 2 heteroatoms. The van der Waals surface area contributed by atoms with E-state index in [0.29, 0.717) is 12.0 Å². The highest BCUT2D eigenvalue weighted by molar-refractivity contribution is 5.65. The molecule has 1 aromatic carbocycles.